The molecule has 0 saturated heterocycles. The summed E-state index contributed by atoms with van der Waals surface area (Å²) in [4.78, 5) is 0. The van der Waals surface area contributed by atoms with Gasteiger partial charge in [-0.2, -0.15) is 5.10 Å². The SMILES string of the molecule is CCc1nn(CC)c2ccc(Br)cc12. The zero-order valence-electron chi connectivity index (χ0n) is 8.42. The Labute approximate surface area is 92.0 Å². The Balaban J connectivity index is 2.75. The highest BCUT2D eigenvalue weighted by Gasteiger charge is 2.07. The third-order valence-corrected chi connectivity index (χ3v) is 2.92. The van der Waals surface area contributed by atoms with Crippen molar-refractivity contribution in [2.75, 3.05) is 0 Å². The standard InChI is InChI=1S/C11H13BrN2/c1-3-10-9-7-8(12)5-6-11(9)14(4-2)13-10/h5-7H,3-4H2,1-2H3. The van der Waals surface area contributed by atoms with Crippen LogP contribution in [0.25, 0.3) is 10.9 Å². The van der Waals surface area contributed by atoms with Crippen LogP contribution in [0.1, 0.15) is 19.5 Å². The highest BCUT2D eigenvalue weighted by molar-refractivity contribution is 9.10. The Kier molecular flexibility index (Phi) is 2.59. The first-order valence-electron chi connectivity index (χ1n) is 4.91. The lowest BCUT2D eigenvalue weighted by molar-refractivity contribution is 0.670. The van der Waals surface area contributed by atoms with Crippen molar-refractivity contribution in [1.29, 1.82) is 0 Å². The normalized spacial score (nSPS) is 11.1. The number of benzene rings is 1. The molecule has 0 aliphatic rings. The Hall–Kier alpha value is -0.830. The molecule has 1 aromatic carbocycles. The molecule has 1 heterocycles. The van der Waals surface area contributed by atoms with E-state index in [1.165, 1.54) is 16.6 Å². The summed E-state index contributed by atoms with van der Waals surface area (Å²) in [6, 6.07) is 6.33. The van der Waals surface area contributed by atoms with Crippen molar-refractivity contribution in [2.24, 2.45) is 0 Å². The second-order valence-corrected chi connectivity index (χ2v) is 4.19. The quantitative estimate of drug-likeness (QED) is 0.802. The maximum atomic E-state index is 4.56. The largest absolute Gasteiger partial charge is 0.265 e. The Morgan fingerprint density at radius 1 is 1.36 bits per heavy atom. The van der Waals surface area contributed by atoms with E-state index in [4.69, 9.17) is 0 Å². The van der Waals surface area contributed by atoms with Crippen molar-refractivity contribution >= 4 is 26.8 Å². The molecule has 3 heteroatoms. The molecule has 0 atom stereocenters. The molecule has 2 nitrogen and oxygen atoms in total. The van der Waals surface area contributed by atoms with Gasteiger partial charge in [0.05, 0.1) is 11.2 Å². The van der Waals surface area contributed by atoms with Crippen LogP contribution in [-0.4, -0.2) is 9.78 Å². The highest BCUT2D eigenvalue weighted by atomic mass is 79.9. The summed E-state index contributed by atoms with van der Waals surface area (Å²) >= 11 is 3.49. The fourth-order valence-electron chi connectivity index (χ4n) is 1.72. The number of halogens is 1. The van der Waals surface area contributed by atoms with Crippen LogP contribution in [0.3, 0.4) is 0 Å². The van der Waals surface area contributed by atoms with Gasteiger partial charge in [0.25, 0.3) is 0 Å². The van der Waals surface area contributed by atoms with E-state index in [0.717, 1.165) is 17.4 Å². The number of nitrogens with zero attached hydrogens (tertiary/aromatic N) is 2. The van der Waals surface area contributed by atoms with Crippen molar-refractivity contribution in [1.82, 2.24) is 9.78 Å². The lowest BCUT2D eigenvalue weighted by Crippen LogP contribution is -1.96. The van der Waals surface area contributed by atoms with E-state index >= 15 is 0 Å². The molecule has 1 aromatic heterocycles. The molecule has 0 saturated carbocycles. The zero-order valence-corrected chi connectivity index (χ0v) is 10.0. The minimum absolute atomic E-state index is 0.929. The number of hydrogen-bond acceptors (Lipinski definition) is 1. The smallest absolute Gasteiger partial charge is 0.0701 e. The maximum Gasteiger partial charge on any atom is 0.0701 e. The molecular formula is C11H13BrN2. The van der Waals surface area contributed by atoms with Gasteiger partial charge >= 0.3 is 0 Å². The summed E-state index contributed by atoms with van der Waals surface area (Å²) in [5, 5.41) is 5.83. The second-order valence-electron chi connectivity index (χ2n) is 3.28. The van der Waals surface area contributed by atoms with Crippen LogP contribution in [0.2, 0.25) is 0 Å². The van der Waals surface area contributed by atoms with E-state index in [2.05, 4.69) is 57.8 Å². The molecule has 0 spiro atoms. The molecule has 0 unspecified atom stereocenters. The van der Waals surface area contributed by atoms with E-state index in [9.17, 15) is 0 Å². The van der Waals surface area contributed by atoms with Gasteiger partial charge in [0.2, 0.25) is 0 Å². The topological polar surface area (TPSA) is 17.8 Å². The summed E-state index contributed by atoms with van der Waals surface area (Å²) in [5.41, 5.74) is 2.41. The third kappa shape index (κ3) is 1.46. The van der Waals surface area contributed by atoms with Crippen molar-refractivity contribution < 1.29 is 0 Å². The van der Waals surface area contributed by atoms with Gasteiger partial charge in [-0.25, -0.2) is 0 Å². The third-order valence-electron chi connectivity index (χ3n) is 2.42. The molecule has 0 fully saturated rings. The highest BCUT2D eigenvalue weighted by Crippen LogP contribution is 2.23. The molecule has 0 bridgehead atoms. The van der Waals surface area contributed by atoms with E-state index < -0.39 is 0 Å². The fraction of sp³-hybridized carbons (Fsp3) is 0.364. The summed E-state index contributed by atoms with van der Waals surface area (Å²) in [6.07, 6.45) is 0.986. The number of fused-ring (bicyclic) bond motifs is 1. The van der Waals surface area contributed by atoms with Gasteiger partial charge in [0, 0.05) is 16.4 Å². The first-order chi connectivity index (χ1) is 6.76. The average molecular weight is 253 g/mol. The van der Waals surface area contributed by atoms with E-state index in [1.807, 2.05) is 0 Å². The van der Waals surface area contributed by atoms with Crippen molar-refractivity contribution in [3.63, 3.8) is 0 Å². The number of aryl methyl sites for hydroxylation is 2. The number of rotatable bonds is 2. The van der Waals surface area contributed by atoms with Gasteiger partial charge in [-0.05, 0) is 31.5 Å². The van der Waals surface area contributed by atoms with Crippen LogP contribution in [0.5, 0.6) is 0 Å². The van der Waals surface area contributed by atoms with E-state index in [-0.39, 0.29) is 0 Å². The zero-order chi connectivity index (χ0) is 10.1. The molecular weight excluding hydrogens is 240 g/mol. The average Bonchev–Trinajstić information content (AvgIpc) is 2.55. The fourth-order valence-corrected chi connectivity index (χ4v) is 2.08. The molecule has 74 valence electrons. The maximum absolute atomic E-state index is 4.56. The summed E-state index contributed by atoms with van der Waals surface area (Å²) in [6.45, 7) is 5.19. The van der Waals surface area contributed by atoms with Crippen molar-refractivity contribution in [3.05, 3.63) is 28.4 Å². The summed E-state index contributed by atoms with van der Waals surface area (Å²) in [7, 11) is 0. The molecule has 2 aromatic rings. The lowest BCUT2D eigenvalue weighted by Gasteiger charge is -1.97. The van der Waals surface area contributed by atoms with Crippen LogP contribution in [0.4, 0.5) is 0 Å². The van der Waals surface area contributed by atoms with Crippen molar-refractivity contribution in [3.8, 4) is 0 Å². The first-order valence-corrected chi connectivity index (χ1v) is 5.70. The van der Waals surface area contributed by atoms with Gasteiger partial charge in [-0.1, -0.05) is 22.9 Å². The Morgan fingerprint density at radius 2 is 2.14 bits per heavy atom. The monoisotopic (exact) mass is 252 g/mol. The predicted molar refractivity (Wildman–Crippen MR) is 62.5 cm³/mol. The minimum atomic E-state index is 0.929. The summed E-state index contributed by atoms with van der Waals surface area (Å²) < 4.78 is 3.18. The number of aromatic nitrogens is 2. The Morgan fingerprint density at radius 3 is 2.79 bits per heavy atom. The molecule has 0 N–H and O–H groups in total. The van der Waals surface area contributed by atoms with Crippen LogP contribution in [-0.2, 0) is 13.0 Å². The van der Waals surface area contributed by atoms with Gasteiger partial charge in [-0.15, -0.1) is 0 Å². The first kappa shape index (κ1) is 9.71. The van der Waals surface area contributed by atoms with Crippen molar-refractivity contribution in [2.45, 2.75) is 26.8 Å². The minimum Gasteiger partial charge on any atom is -0.265 e. The van der Waals surface area contributed by atoms with Crippen LogP contribution >= 0.6 is 15.9 Å². The van der Waals surface area contributed by atoms with E-state index in [0.29, 0.717) is 0 Å². The van der Waals surface area contributed by atoms with Crippen LogP contribution < -0.4 is 0 Å². The molecule has 0 aliphatic heterocycles. The van der Waals surface area contributed by atoms with Crippen LogP contribution in [0.15, 0.2) is 22.7 Å². The second kappa shape index (κ2) is 3.73. The Bertz CT molecular complexity index is 460. The number of hydrogen-bond donors (Lipinski definition) is 0. The molecule has 0 amide bonds. The van der Waals surface area contributed by atoms with Crippen LogP contribution in [0, 0.1) is 0 Å². The summed E-state index contributed by atoms with van der Waals surface area (Å²) in [5.74, 6) is 0. The molecule has 0 radical (unpaired) electrons. The van der Waals surface area contributed by atoms with Gasteiger partial charge < -0.3 is 0 Å². The molecule has 2 rings (SSSR count). The molecule has 14 heavy (non-hydrogen) atoms. The van der Waals surface area contributed by atoms with Gasteiger partial charge in [-0.3, -0.25) is 4.68 Å². The lowest BCUT2D eigenvalue weighted by atomic mass is 10.2. The van der Waals surface area contributed by atoms with Gasteiger partial charge in [0.1, 0.15) is 0 Å². The predicted octanol–water partition coefficient (Wildman–Crippen LogP) is 3.38. The van der Waals surface area contributed by atoms with E-state index in [1.54, 1.807) is 0 Å². The van der Waals surface area contributed by atoms with Gasteiger partial charge in [0.15, 0.2) is 0 Å². The molecule has 0 aliphatic carbocycles.